The molecule has 8 rings (SSSR count). The highest BCUT2D eigenvalue weighted by atomic mass is 16.5. The van der Waals surface area contributed by atoms with Gasteiger partial charge in [-0.15, -0.1) is 0 Å². The smallest absolute Gasteiger partial charge is 0.0673 e. The minimum absolute atomic E-state index is 0.0686. The van der Waals surface area contributed by atoms with Crippen LogP contribution in [0.1, 0.15) is 81.9 Å². The van der Waals surface area contributed by atoms with E-state index in [1.54, 1.807) is 0 Å². The number of nitrogens with zero attached hydrogens (tertiary/aromatic N) is 1. The monoisotopic (exact) mass is 633 g/mol. The van der Waals surface area contributed by atoms with Crippen LogP contribution >= 0.6 is 0 Å². The molecule has 5 aromatic carbocycles. The van der Waals surface area contributed by atoms with Gasteiger partial charge in [0, 0.05) is 18.2 Å². The Hall–Kier alpha value is -4.14. The highest BCUT2D eigenvalue weighted by Crippen LogP contribution is 2.47. The lowest BCUT2D eigenvalue weighted by Gasteiger charge is -2.43. The van der Waals surface area contributed by atoms with Gasteiger partial charge in [-0.3, -0.25) is 0 Å². The summed E-state index contributed by atoms with van der Waals surface area (Å²) in [5.41, 5.74) is 10.7. The molecule has 5 atom stereocenters. The maximum atomic E-state index is 6.83. The highest BCUT2D eigenvalue weighted by molar-refractivity contribution is 5.65. The SMILES string of the molecule is CC(C)c1cccc(N2C[C@H](C(C)(CCC(C)c3ccc(-c4ccccc4)cc3)c3cccc(-c4ccccc4)c3)[C@H]3CC[C@H]2CO3)c1. The molecule has 2 heteroatoms. The Morgan fingerprint density at radius 2 is 1.31 bits per heavy atom. The van der Waals surface area contributed by atoms with E-state index in [1.165, 1.54) is 51.1 Å². The lowest BCUT2D eigenvalue weighted by molar-refractivity contribution is -0.0300. The van der Waals surface area contributed by atoms with Crippen LogP contribution in [0, 0.1) is 5.92 Å². The summed E-state index contributed by atoms with van der Waals surface area (Å²) >= 11 is 0. The van der Waals surface area contributed by atoms with Gasteiger partial charge in [-0.2, -0.15) is 0 Å². The topological polar surface area (TPSA) is 12.5 Å². The van der Waals surface area contributed by atoms with Crippen molar-refractivity contribution >= 4 is 5.69 Å². The van der Waals surface area contributed by atoms with Crippen molar-refractivity contribution in [2.24, 2.45) is 5.92 Å². The molecule has 0 aromatic heterocycles. The quantitative estimate of drug-likeness (QED) is 0.152. The van der Waals surface area contributed by atoms with Crippen molar-refractivity contribution in [3.63, 3.8) is 0 Å². The van der Waals surface area contributed by atoms with Crippen LogP contribution in [0.25, 0.3) is 22.3 Å². The molecule has 246 valence electrons. The Kier molecular flexibility index (Phi) is 9.55. The third kappa shape index (κ3) is 6.74. The van der Waals surface area contributed by atoms with E-state index >= 15 is 0 Å². The molecule has 0 spiro atoms. The number of ether oxygens (including phenoxy) is 1. The first-order valence-corrected chi connectivity index (χ1v) is 18.2. The van der Waals surface area contributed by atoms with Gasteiger partial charge in [-0.05, 0) is 94.0 Å². The van der Waals surface area contributed by atoms with Crippen LogP contribution in [-0.4, -0.2) is 25.3 Å². The first-order chi connectivity index (χ1) is 23.4. The van der Waals surface area contributed by atoms with Gasteiger partial charge in [0.1, 0.15) is 0 Å². The molecule has 2 nitrogen and oxygen atoms in total. The molecule has 0 amide bonds. The van der Waals surface area contributed by atoms with Crippen LogP contribution in [0.4, 0.5) is 5.69 Å². The predicted octanol–water partition coefficient (Wildman–Crippen LogP) is 11.7. The molecule has 0 N–H and O–H groups in total. The summed E-state index contributed by atoms with van der Waals surface area (Å²) in [4.78, 5) is 2.72. The number of fused-ring (bicyclic) bond motifs is 4. The van der Waals surface area contributed by atoms with Crippen molar-refractivity contribution < 1.29 is 4.74 Å². The lowest BCUT2D eigenvalue weighted by Crippen LogP contribution is -2.45. The van der Waals surface area contributed by atoms with E-state index < -0.39 is 0 Å². The van der Waals surface area contributed by atoms with Crippen LogP contribution in [0.2, 0.25) is 0 Å². The molecule has 3 aliphatic rings. The van der Waals surface area contributed by atoms with Crippen molar-refractivity contribution in [2.45, 2.75) is 82.8 Å². The average molecular weight is 634 g/mol. The van der Waals surface area contributed by atoms with Crippen LogP contribution in [0.15, 0.2) is 133 Å². The number of rotatable bonds is 10. The van der Waals surface area contributed by atoms with Crippen molar-refractivity contribution in [3.8, 4) is 22.3 Å². The van der Waals surface area contributed by atoms with Gasteiger partial charge in [0.15, 0.2) is 0 Å². The zero-order valence-electron chi connectivity index (χ0n) is 29.2. The Bertz CT molecular complexity index is 1770. The normalized spacial score (nSPS) is 21.1. The number of hydrogen-bond donors (Lipinski definition) is 0. The fourth-order valence-electron chi connectivity index (χ4n) is 8.34. The van der Waals surface area contributed by atoms with Crippen LogP contribution < -0.4 is 4.90 Å². The second-order valence-corrected chi connectivity index (χ2v) is 14.9. The van der Waals surface area contributed by atoms with Gasteiger partial charge in [0.05, 0.1) is 18.8 Å². The van der Waals surface area contributed by atoms with E-state index in [1.807, 2.05) is 0 Å². The molecule has 3 fully saturated rings. The van der Waals surface area contributed by atoms with Crippen LogP contribution in [-0.2, 0) is 10.2 Å². The van der Waals surface area contributed by atoms with Gasteiger partial charge in [0.25, 0.3) is 0 Å². The van der Waals surface area contributed by atoms with Gasteiger partial charge >= 0.3 is 0 Å². The second kappa shape index (κ2) is 14.1. The molecule has 0 saturated carbocycles. The van der Waals surface area contributed by atoms with E-state index in [2.05, 4.69) is 166 Å². The minimum atomic E-state index is -0.0686. The Morgan fingerprint density at radius 3 is 1.98 bits per heavy atom. The summed E-state index contributed by atoms with van der Waals surface area (Å²) in [5, 5.41) is 0. The van der Waals surface area contributed by atoms with Crippen LogP contribution in [0.3, 0.4) is 0 Å². The fraction of sp³-hybridized carbons (Fsp3) is 0.348. The zero-order chi connectivity index (χ0) is 33.1. The Labute approximate surface area is 288 Å². The largest absolute Gasteiger partial charge is 0.376 e. The summed E-state index contributed by atoms with van der Waals surface area (Å²) in [5.74, 6) is 1.33. The second-order valence-electron chi connectivity index (χ2n) is 14.9. The third-order valence-electron chi connectivity index (χ3n) is 11.6. The average Bonchev–Trinajstić information content (AvgIpc) is 3.45. The highest BCUT2D eigenvalue weighted by Gasteiger charge is 2.47. The van der Waals surface area contributed by atoms with E-state index in [4.69, 9.17) is 4.74 Å². The van der Waals surface area contributed by atoms with Gasteiger partial charge in [-0.25, -0.2) is 0 Å². The molecule has 3 aliphatic heterocycles. The molecular weight excluding hydrogens is 583 g/mol. The fourth-order valence-corrected chi connectivity index (χ4v) is 8.34. The zero-order valence-corrected chi connectivity index (χ0v) is 29.2. The van der Waals surface area contributed by atoms with E-state index in [0.29, 0.717) is 23.8 Å². The van der Waals surface area contributed by atoms with Crippen molar-refractivity contribution in [1.82, 2.24) is 0 Å². The molecule has 0 aliphatic carbocycles. The summed E-state index contributed by atoms with van der Waals surface area (Å²) in [7, 11) is 0. The van der Waals surface area contributed by atoms with E-state index in [-0.39, 0.29) is 11.5 Å². The number of hydrogen-bond acceptors (Lipinski definition) is 2. The molecule has 2 unspecified atom stereocenters. The molecule has 3 heterocycles. The van der Waals surface area contributed by atoms with Crippen molar-refractivity contribution in [2.75, 3.05) is 18.1 Å². The standard InChI is InChI=1S/C46H51NO/c1-33(2)39-17-12-20-42(30-39)47-31-44(45-26-25-43(47)32-48-45)46(4,41-19-11-18-40(29-41)37-15-9-6-10-16-37)28-27-34(3)35-21-23-38(24-22-35)36-13-7-5-8-14-36/h5-24,29-30,33-34,43-45H,25-28,31-32H2,1-4H3/t34?,43-,44-,45+,46?/m0/s1. The lowest BCUT2D eigenvalue weighted by atomic mass is 9.65. The first kappa shape index (κ1) is 32.4. The number of benzene rings is 5. The van der Waals surface area contributed by atoms with E-state index in [0.717, 1.165) is 32.4 Å². The molecule has 0 radical (unpaired) electrons. The first-order valence-electron chi connectivity index (χ1n) is 18.2. The predicted molar refractivity (Wildman–Crippen MR) is 203 cm³/mol. The molecule has 2 bridgehead atoms. The number of anilines is 1. The van der Waals surface area contributed by atoms with Crippen molar-refractivity contribution in [3.05, 3.63) is 150 Å². The summed E-state index contributed by atoms with van der Waals surface area (Å²) < 4.78 is 6.83. The molecule has 5 aromatic rings. The summed E-state index contributed by atoms with van der Waals surface area (Å²) in [6, 6.07) is 50.0. The Morgan fingerprint density at radius 1 is 0.667 bits per heavy atom. The molecule has 48 heavy (non-hydrogen) atoms. The summed E-state index contributed by atoms with van der Waals surface area (Å²) in [6.07, 6.45) is 4.79. The van der Waals surface area contributed by atoms with E-state index in [9.17, 15) is 0 Å². The molecule has 3 saturated heterocycles. The van der Waals surface area contributed by atoms with Gasteiger partial charge in [0.2, 0.25) is 0 Å². The maximum absolute atomic E-state index is 6.83. The van der Waals surface area contributed by atoms with Crippen molar-refractivity contribution in [1.29, 1.82) is 0 Å². The van der Waals surface area contributed by atoms with Gasteiger partial charge in [-0.1, -0.05) is 149 Å². The maximum Gasteiger partial charge on any atom is 0.0673 e. The summed E-state index contributed by atoms with van der Waals surface area (Å²) in [6.45, 7) is 11.4. The van der Waals surface area contributed by atoms with Gasteiger partial charge < -0.3 is 9.64 Å². The Balaban J connectivity index is 1.23. The van der Waals surface area contributed by atoms with Crippen LogP contribution in [0.5, 0.6) is 0 Å². The molecular formula is C46H51NO. The third-order valence-corrected chi connectivity index (χ3v) is 11.6. The minimum Gasteiger partial charge on any atom is -0.376 e.